The zero-order valence-electron chi connectivity index (χ0n) is 5.35. The summed E-state index contributed by atoms with van der Waals surface area (Å²) >= 11 is 0. The van der Waals surface area contributed by atoms with Gasteiger partial charge in [0, 0.05) is 11.9 Å². The highest BCUT2D eigenvalue weighted by Crippen LogP contribution is 1.98. The van der Waals surface area contributed by atoms with Crippen LogP contribution in [0.4, 0.5) is 0 Å². The Morgan fingerprint density at radius 2 is 2.25 bits per heavy atom. The van der Waals surface area contributed by atoms with Gasteiger partial charge in [-0.2, -0.15) is 0 Å². The molecule has 4 N–H and O–H groups in total. The van der Waals surface area contributed by atoms with Gasteiger partial charge in [-0.15, -0.1) is 0 Å². The van der Waals surface area contributed by atoms with E-state index in [0.717, 1.165) is 18.5 Å². The lowest BCUT2D eigenvalue weighted by Crippen LogP contribution is -1.99. The molecule has 0 radical (unpaired) electrons. The van der Waals surface area contributed by atoms with E-state index in [1.807, 2.05) is 0 Å². The van der Waals surface area contributed by atoms with Crippen LogP contribution in [0, 0.1) is 0 Å². The second-order valence-electron chi connectivity index (χ2n) is 1.85. The van der Waals surface area contributed by atoms with E-state index < -0.39 is 0 Å². The third kappa shape index (κ3) is 3.53. The average molecular weight is 114 g/mol. The highest BCUT2D eigenvalue weighted by atomic mass is 14.6. The molecular formula is C6H14N2. The maximum absolute atomic E-state index is 5.40. The normalized spacial score (nSPS) is 11.9. The fraction of sp³-hybridized carbons (Fsp3) is 0.667. The second-order valence-corrected chi connectivity index (χ2v) is 1.85. The van der Waals surface area contributed by atoms with E-state index in [1.165, 1.54) is 12.6 Å². The van der Waals surface area contributed by atoms with Crippen LogP contribution in [0.25, 0.3) is 0 Å². The smallest absolute Gasteiger partial charge is 0.0238 e. The van der Waals surface area contributed by atoms with Gasteiger partial charge in [-0.05, 0) is 12.8 Å². The highest BCUT2D eigenvalue weighted by molar-refractivity contribution is 4.91. The van der Waals surface area contributed by atoms with Crippen molar-refractivity contribution >= 4 is 0 Å². The predicted molar refractivity (Wildman–Crippen MR) is 36.0 cm³/mol. The van der Waals surface area contributed by atoms with Crippen LogP contribution in [0.2, 0.25) is 0 Å². The van der Waals surface area contributed by atoms with E-state index in [9.17, 15) is 0 Å². The van der Waals surface area contributed by atoms with E-state index in [0.29, 0.717) is 0 Å². The topological polar surface area (TPSA) is 52.0 Å². The van der Waals surface area contributed by atoms with E-state index >= 15 is 0 Å². The van der Waals surface area contributed by atoms with Crippen molar-refractivity contribution in [1.29, 1.82) is 0 Å². The summed E-state index contributed by atoms with van der Waals surface area (Å²) < 4.78 is 0. The zero-order chi connectivity index (χ0) is 6.41. The summed E-state index contributed by atoms with van der Waals surface area (Å²) in [4.78, 5) is 0. The Morgan fingerprint density at radius 3 is 2.62 bits per heavy atom. The van der Waals surface area contributed by atoms with Crippen molar-refractivity contribution in [2.24, 2.45) is 11.5 Å². The molecule has 0 aliphatic carbocycles. The van der Waals surface area contributed by atoms with Crippen LogP contribution in [0.5, 0.6) is 0 Å². The van der Waals surface area contributed by atoms with E-state index in [1.54, 1.807) is 0 Å². The third-order valence-corrected chi connectivity index (χ3v) is 1.03. The van der Waals surface area contributed by atoms with Crippen LogP contribution in [0.15, 0.2) is 11.9 Å². The zero-order valence-corrected chi connectivity index (χ0v) is 5.35. The lowest BCUT2D eigenvalue weighted by Gasteiger charge is -1.94. The van der Waals surface area contributed by atoms with E-state index in [-0.39, 0.29) is 0 Å². The fourth-order valence-electron chi connectivity index (χ4n) is 0.464. The van der Waals surface area contributed by atoms with Gasteiger partial charge in [0.15, 0.2) is 0 Å². The molecule has 0 saturated heterocycles. The molecular weight excluding hydrogens is 100 g/mol. The lowest BCUT2D eigenvalue weighted by molar-refractivity contribution is 0.779. The Kier molecular flexibility index (Phi) is 4.13. The van der Waals surface area contributed by atoms with Crippen molar-refractivity contribution < 1.29 is 0 Å². The maximum atomic E-state index is 5.40. The summed E-state index contributed by atoms with van der Waals surface area (Å²) in [6, 6.07) is 0. The molecule has 8 heavy (non-hydrogen) atoms. The first kappa shape index (κ1) is 7.34. The first-order valence-corrected chi connectivity index (χ1v) is 2.97. The molecule has 0 fully saturated rings. The number of hydrogen-bond acceptors (Lipinski definition) is 2. The summed E-state index contributed by atoms with van der Waals surface area (Å²) in [5, 5.41) is 0. The van der Waals surface area contributed by atoms with Gasteiger partial charge < -0.3 is 11.5 Å². The van der Waals surface area contributed by atoms with Crippen molar-refractivity contribution in [3.63, 3.8) is 0 Å². The largest absolute Gasteiger partial charge is 0.403 e. The molecule has 0 aliphatic heterocycles. The van der Waals surface area contributed by atoms with Crippen molar-refractivity contribution in [3.8, 4) is 0 Å². The Balaban J connectivity index is 3.12. The minimum Gasteiger partial charge on any atom is -0.403 e. The highest BCUT2D eigenvalue weighted by Gasteiger charge is 1.84. The standard InChI is InChI=1S/C6H14N2/c1-2-3-4-6(8)5-7/h5H,2-4,7-8H2,1H3/b6-5-. The molecule has 0 aliphatic rings. The molecule has 0 saturated carbocycles. The molecule has 0 aromatic heterocycles. The predicted octanol–water partition coefficient (Wildman–Crippen LogP) is 0.935. The molecule has 0 aromatic rings. The van der Waals surface area contributed by atoms with Gasteiger partial charge in [-0.25, -0.2) is 0 Å². The van der Waals surface area contributed by atoms with Gasteiger partial charge in [0.1, 0.15) is 0 Å². The first-order chi connectivity index (χ1) is 3.81. The van der Waals surface area contributed by atoms with E-state index in [2.05, 4.69) is 6.92 Å². The van der Waals surface area contributed by atoms with Gasteiger partial charge >= 0.3 is 0 Å². The minimum absolute atomic E-state index is 0.798. The second kappa shape index (κ2) is 4.50. The molecule has 0 atom stereocenters. The molecule has 48 valence electrons. The van der Waals surface area contributed by atoms with Gasteiger partial charge in [0.25, 0.3) is 0 Å². The molecule has 0 heterocycles. The van der Waals surface area contributed by atoms with Crippen LogP contribution in [0.1, 0.15) is 26.2 Å². The summed E-state index contributed by atoms with van der Waals surface area (Å²) in [5.74, 6) is 0. The van der Waals surface area contributed by atoms with Crippen molar-refractivity contribution in [3.05, 3.63) is 11.9 Å². The lowest BCUT2D eigenvalue weighted by atomic mass is 10.2. The average Bonchev–Trinajstić information content (AvgIpc) is 1.83. The summed E-state index contributed by atoms with van der Waals surface area (Å²) in [6.07, 6.45) is 4.72. The van der Waals surface area contributed by atoms with Crippen molar-refractivity contribution in [2.45, 2.75) is 26.2 Å². The molecule has 0 bridgehead atoms. The number of hydrogen-bond donors (Lipinski definition) is 2. The Labute approximate surface area is 50.6 Å². The summed E-state index contributed by atoms with van der Waals surface area (Å²) in [6.45, 7) is 2.13. The van der Waals surface area contributed by atoms with Gasteiger partial charge in [0.05, 0.1) is 0 Å². The number of rotatable bonds is 3. The first-order valence-electron chi connectivity index (χ1n) is 2.97. The Hall–Kier alpha value is -0.660. The molecule has 0 aromatic carbocycles. The minimum atomic E-state index is 0.798. The van der Waals surface area contributed by atoms with Gasteiger partial charge in [0.2, 0.25) is 0 Å². The number of nitrogens with two attached hydrogens (primary N) is 2. The summed E-state index contributed by atoms with van der Waals surface area (Å²) in [5.41, 5.74) is 11.3. The molecule has 0 rings (SSSR count). The maximum Gasteiger partial charge on any atom is 0.0238 e. The third-order valence-electron chi connectivity index (χ3n) is 1.03. The van der Waals surface area contributed by atoms with Crippen LogP contribution in [-0.2, 0) is 0 Å². The quantitative estimate of drug-likeness (QED) is 0.573. The molecule has 0 spiro atoms. The Morgan fingerprint density at radius 1 is 1.62 bits per heavy atom. The fourth-order valence-corrected chi connectivity index (χ4v) is 0.464. The monoisotopic (exact) mass is 114 g/mol. The SMILES string of the molecule is CCCC/C(N)=C/N. The molecule has 0 amide bonds. The molecule has 0 unspecified atom stereocenters. The van der Waals surface area contributed by atoms with Crippen LogP contribution in [0.3, 0.4) is 0 Å². The van der Waals surface area contributed by atoms with Crippen LogP contribution < -0.4 is 11.5 Å². The Bertz CT molecular complexity index is 76.6. The van der Waals surface area contributed by atoms with Gasteiger partial charge in [-0.3, -0.25) is 0 Å². The van der Waals surface area contributed by atoms with Gasteiger partial charge in [-0.1, -0.05) is 13.3 Å². The van der Waals surface area contributed by atoms with Crippen LogP contribution in [-0.4, -0.2) is 0 Å². The summed E-state index contributed by atoms with van der Waals surface area (Å²) in [7, 11) is 0. The number of unbranched alkanes of at least 4 members (excludes halogenated alkanes) is 1. The molecule has 2 nitrogen and oxygen atoms in total. The van der Waals surface area contributed by atoms with E-state index in [4.69, 9.17) is 11.5 Å². The van der Waals surface area contributed by atoms with Crippen LogP contribution >= 0.6 is 0 Å². The molecule has 2 heteroatoms. The van der Waals surface area contributed by atoms with Crippen molar-refractivity contribution in [1.82, 2.24) is 0 Å². The van der Waals surface area contributed by atoms with Crippen molar-refractivity contribution in [2.75, 3.05) is 0 Å². The number of allylic oxidation sites excluding steroid dienone is 1.